The van der Waals surface area contributed by atoms with E-state index in [1.807, 2.05) is 0 Å². The van der Waals surface area contributed by atoms with Gasteiger partial charge in [0, 0.05) is 11.3 Å². The van der Waals surface area contributed by atoms with E-state index in [2.05, 4.69) is 15.4 Å². The highest BCUT2D eigenvalue weighted by Crippen LogP contribution is 2.36. The van der Waals surface area contributed by atoms with E-state index in [0.29, 0.717) is 17.4 Å². The summed E-state index contributed by atoms with van der Waals surface area (Å²) < 4.78 is 72.7. The number of carbonyl (C=O) groups is 1. The number of rotatable bonds is 5. The Morgan fingerprint density at radius 3 is 2.44 bits per heavy atom. The van der Waals surface area contributed by atoms with Gasteiger partial charge in [-0.05, 0) is 48.5 Å². The Morgan fingerprint density at radius 2 is 1.82 bits per heavy atom. The molecule has 0 radical (unpaired) electrons. The number of methoxy groups -OCH3 is 1. The van der Waals surface area contributed by atoms with E-state index < -0.39 is 34.8 Å². The van der Waals surface area contributed by atoms with Gasteiger partial charge in [-0.1, -0.05) is 11.6 Å². The molecular formula is C22H14ClF5N4O2. The quantitative estimate of drug-likeness (QED) is 0.331. The molecule has 2 aromatic carbocycles. The van der Waals surface area contributed by atoms with E-state index in [1.165, 1.54) is 13.2 Å². The molecule has 2 aromatic heterocycles. The molecule has 12 heteroatoms. The van der Waals surface area contributed by atoms with Crippen molar-refractivity contribution in [3.63, 3.8) is 0 Å². The molecule has 0 saturated carbocycles. The third-order valence-electron chi connectivity index (χ3n) is 4.88. The van der Waals surface area contributed by atoms with Gasteiger partial charge in [0.1, 0.15) is 17.0 Å². The normalized spacial score (nSPS) is 11.8. The molecule has 176 valence electrons. The van der Waals surface area contributed by atoms with Crippen LogP contribution in [0.3, 0.4) is 0 Å². The summed E-state index contributed by atoms with van der Waals surface area (Å²) in [6, 6.07) is 10.4. The lowest BCUT2D eigenvalue weighted by Gasteiger charge is -2.12. The lowest BCUT2D eigenvalue weighted by molar-refractivity contribution is -0.137. The zero-order valence-corrected chi connectivity index (χ0v) is 18.0. The minimum atomic E-state index is -4.73. The highest BCUT2D eigenvalue weighted by molar-refractivity contribution is 6.31. The number of halogens is 6. The van der Waals surface area contributed by atoms with Crippen LogP contribution >= 0.6 is 11.6 Å². The van der Waals surface area contributed by atoms with Crippen LogP contribution in [-0.2, 0) is 6.18 Å². The summed E-state index contributed by atoms with van der Waals surface area (Å²) in [4.78, 5) is 17.1. The van der Waals surface area contributed by atoms with Gasteiger partial charge < -0.3 is 10.1 Å². The van der Waals surface area contributed by atoms with Gasteiger partial charge in [0.25, 0.3) is 12.3 Å². The minimum Gasteiger partial charge on any atom is -0.497 e. The Labute approximate surface area is 193 Å². The number of alkyl halides is 5. The number of hydrogen-bond donors (Lipinski definition) is 1. The zero-order valence-electron chi connectivity index (χ0n) is 17.2. The molecule has 0 bridgehead atoms. The maximum atomic E-state index is 13.7. The third-order valence-corrected chi connectivity index (χ3v) is 5.21. The van der Waals surface area contributed by atoms with E-state index in [0.717, 1.165) is 22.8 Å². The van der Waals surface area contributed by atoms with Gasteiger partial charge in [0.15, 0.2) is 5.65 Å². The fourth-order valence-corrected chi connectivity index (χ4v) is 3.45. The third kappa shape index (κ3) is 4.51. The number of benzene rings is 2. The summed E-state index contributed by atoms with van der Waals surface area (Å²) >= 11 is 5.60. The molecule has 1 amide bonds. The maximum absolute atomic E-state index is 13.7. The second-order valence-corrected chi connectivity index (χ2v) is 7.44. The van der Waals surface area contributed by atoms with Crippen LogP contribution in [0.4, 0.5) is 27.6 Å². The standard InChI is InChI=1S/C22H14ClF5N4O2/c1-34-13-5-2-11(3-6-13)17-9-18(19(24)25)32-20(31-17)14(10-29-32)21(33)30-12-4-7-16(23)15(8-12)22(26,27)28/h2-10,19H,1H3,(H,30,33). The first-order valence-corrected chi connectivity index (χ1v) is 9.95. The summed E-state index contributed by atoms with van der Waals surface area (Å²) in [5.41, 5.74) is -1.61. The summed E-state index contributed by atoms with van der Waals surface area (Å²) in [5, 5.41) is 5.60. The van der Waals surface area contributed by atoms with Gasteiger partial charge in [-0.2, -0.15) is 18.3 Å². The zero-order chi connectivity index (χ0) is 24.6. The first kappa shape index (κ1) is 23.4. The molecule has 2 heterocycles. The molecule has 0 aliphatic carbocycles. The minimum absolute atomic E-state index is 0.144. The molecular weight excluding hydrogens is 483 g/mol. The Morgan fingerprint density at radius 1 is 1.12 bits per heavy atom. The fraction of sp³-hybridized carbons (Fsp3) is 0.136. The monoisotopic (exact) mass is 496 g/mol. The molecule has 0 atom stereocenters. The second-order valence-electron chi connectivity index (χ2n) is 7.04. The number of amides is 1. The van der Waals surface area contributed by atoms with Crippen molar-refractivity contribution >= 4 is 28.8 Å². The van der Waals surface area contributed by atoms with Gasteiger partial charge in [0.05, 0.1) is 29.6 Å². The molecule has 1 N–H and O–H groups in total. The molecule has 0 saturated heterocycles. The van der Waals surface area contributed by atoms with Crippen LogP contribution < -0.4 is 10.1 Å². The van der Waals surface area contributed by atoms with Crippen molar-refractivity contribution in [2.24, 2.45) is 0 Å². The van der Waals surface area contributed by atoms with Gasteiger partial charge >= 0.3 is 6.18 Å². The highest BCUT2D eigenvalue weighted by atomic mass is 35.5. The van der Waals surface area contributed by atoms with Crippen molar-refractivity contribution < 1.29 is 31.5 Å². The summed E-state index contributed by atoms with van der Waals surface area (Å²) in [6.07, 6.45) is -6.66. The molecule has 0 aliphatic rings. The number of fused-ring (bicyclic) bond motifs is 1. The first-order valence-electron chi connectivity index (χ1n) is 9.58. The number of carbonyl (C=O) groups excluding carboxylic acids is 1. The molecule has 34 heavy (non-hydrogen) atoms. The number of aromatic nitrogens is 3. The maximum Gasteiger partial charge on any atom is 0.417 e. The summed E-state index contributed by atoms with van der Waals surface area (Å²) in [6.45, 7) is 0. The number of ether oxygens (including phenoxy) is 1. The Balaban J connectivity index is 1.76. The summed E-state index contributed by atoms with van der Waals surface area (Å²) in [7, 11) is 1.48. The van der Waals surface area contributed by atoms with Gasteiger partial charge in [-0.25, -0.2) is 18.3 Å². The van der Waals surface area contributed by atoms with Crippen LogP contribution in [0.15, 0.2) is 54.7 Å². The lowest BCUT2D eigenvalue weighted by Crippen LogP contribution is -2.14. The van der Waals surface area contributed by atoms with Gasteiger partial charge in [0.2, 0.25) is 0 Å². The summed E-state index contributed by atoms with van der Waals surface area (Å²) in [5.74, 6) is -0.338. The van der Waals surface area contributed by atoms with Gasteiger partial charge in [-0.15, -0.1) is 0 Å². The predicted molar refractivity (Wildman–Crippen MR) is 114 cm³/mol. The Kier molecular flexibility index (Phi) is 6.13. The Hall–Kier alpha value is -3.73. The molecule has 6 nitrogen and oxygen atoms in total. The van der Waals surface area contributed by atoms with Crippen LogP contribution in [0.1, 0.15) is 28.0 Å². The number of hydrogen-bond acceptors (Lipinski definition) is 4. The van der Waals surface area contributed by atoms with Crippen molar-refractivity contribution in [3.8, 4) is 17.0 Å². The molecule has 0 unspecified atom stereocenters. The Bertz CT molecular complexity index is 1370. The smallest absolute Gasteiger partial charge is 0.417 e. The topological polar surface area (TPSA) is 68.5 Å². The van der Waals surface area contributed by atoms with Crippen LogP contribution in [0.25, 0.3) is 16.9 Å². The van der Waals surface area contributed by atoms with Crippen molar-refractivity contribution in [1.82, 2.24) is 14.6 Å². The molecule has 0 spiro atoms. The SMILES string of the molecule is COc1ccc(-c2cc(C(F)F)n3ncc(C(=O)Nc4ccc(Cl)c(C(F)(F)F)c4)c3n2)cc1. The largest absolute Gasteiger partial charge is 0.497 e. The van der Waals surface area contributed by atoms with E-state index >= 15 is 0 Å². The van der Waals surface area contributed by atoms with E-state index in [1.54, 1.807) is 24.3 Å². The molecule has 0 fully saturated rings. The molecule has 4 rings (SSSR count). The van der Waals surface area contributed by atoms with Crippen molar-refractivity contribution in [2.45, 2.75) is 12.6 Å². The van der Waals surface area contributed by atoms with Crippen LogP contribution in [0.5, 0.6) is 5.75 Å². The van der Waals surface area contributed by atoms with Crippen LogP contribution in [-0.4, -0.2) is 27.6 Å². The van der Waals surface area contributed by atoms with E-state index in [4.69, 9.17) is 16.3 Å². The van der Waals surface area contributed by atoms with Crippen LogP contribution in [0.2, 0.25) is 5.02 Å². The average Bonchev–Trinajstić information content (AvgIpc) is 3.23. The number of anilines is 1. The molecule has 0 aliphatic heterocycles. The first-order chi connectivity index (χ1) is 16.1. The lowest BCUT2D eigenvalue weighted by atomic mass is 10.1. The van der Waals surface area contributed by atoms with Crippen molar-refractivity contribution in [3.05, 3.63) is 76.6 Å². The number of nitrogens with zero attached hydrogens (tertiary/aromatic N) is 3. The van der Waals surface area contributed by atoms with E-state index in [-0.39, 0.29) is 22.6 Å². The average molecular weight is 497 g/mol. The highest BCUT2D eigenvalue weighted by Gasteiger charge is 2.33. The van der Waals surface area contributed by atoms with E-state index in [9.17, 15) is 26.7 Å². The van der Waals surface area contributed by atoms with Gasteiger partial charge in [-0.3, -0.25) is 4.79 Å². The fourth-order valence-electron chi connectivity index (χ4n) is 3.23. The predicted octanol–water partition coefficient (Wildman–Crippen LogP) is 6.27. The van der Waals surface area contributed by atoms with Crippen molar-refractivity contribution in [2.75, 3.05) is 12.4 Å². The van der Waals surface area contributed by atoms with Crippen molar-refractivity contribution in [1.29, 1.82) is 0 Å². The molecule has 4 aromatic rings. The number of nitrogens with one attached hydrogen (secondary N) is 1. The second kappa shape index (κ2) is 8.90. The van der Waals surface area contributed by atoms with Crippen LogP contribution in [0, 0.1) is 0 Å².